The van der Waals surface area contributed by atoms with E-state index >= 15 is 0 Å². The van der Waals surface area contributed by atoms with Crippen LogP contribution in [0.25, 0.3) is 33.8 Å². The van der Waals surface area contributed by atoms with Crippen LogP contribution in [0.2, 0.25) is 0 Å². The van der Waals surface area contributed by atoms with Gasteiger partial charge in [-0.1, -0.05) is 6.07 Å². The first kappa shape index (κ1) is 27.5. The van der Waals surface area contributed by atoms with Crippen molar-refractivity contribution >= 4 is 11.0 Å². The number of aryl methyl sites for hydroxylation is 1. The molecule has 42 heavy (non-hydrogen) atoms. The molecule has 10 nitrogen and oxygen atoms in total. The maximum absolute atomic E-state index is 13.4. The summed E-state index contributed by atoms with van der Waals surface area (Å²) in [5, 5.41) is 5.27. The van der Waals surface area contributed by atoms with Gasteiger partial charge in [-0.2, -0.15) is 18.3 Å². The van der Waals surface area contributed by atoms with Crippen molar-refractivity contribution in [3.63, 3.8) is 0 Å². The monoisotopic (exact) mass is 582 g/mol. The molecule has 4 heterocycles. The number of ether oxygens (including phenoxy) is 2. The summed E-state index contributed by atoms with van der Waals surface area (Å²) in [4.78, 5) is 21.9. The van der Waals surface area contributed by atoms with Crippen LogP contribution >= 0.6 is 0 Å². The standard InChI is InChI=1S/C28H26F4N8O2/c1-15(17-6-7-19(20(10-17)41-2)26-37-21(28(30,31)32)13-39(26)9-8-29)40-25-18(12-36-40)11-33-24(38-25)22-23(16-4-5-16)34-14-35-27(22)42-3/h6-7,10-16H,4-5,8-9H2,1-3H3. The second-order valence-electron chi connectivity index (χ2n) is 9.94. The Morgan fingerprint density at radius 2 is 1.86 bits per heavy atom. The van der Waals surface area contributed by atoms with Crippen molar-refractivity contribution in [3.8, 4) is 34.4 Å². The molecule has 218 valence electrons. The first-order chi connectivity index (χ1) is 20.2. The summed E-state index contributed by atoms with van der Waals surface area (Å²) in [6.07, 6.45) is 3.00. The van der Waals surface area contributed by atoms with Gasteiger partial charge in [-0.25, -0.2) is 34.0 Å². The molecule has 0 amide bonds. The Morgan fingerprint density at radius 3 is 2.55 bits per heavy atom. The van der Waals surface area contributed by atoms with Crippen LogP contribution in [0.1, 0.15) is 48.7 Å². The van der Waals surface area contributed by atoms with Gasteiger partial charge in [-0.05, 0) is 37.5 Å². The smallest absolute Gasteiger partial charge is 0.434 e. The highest BCUT2D eigenvalue weighted by Gasteiger charge is 2.35. The molecule has 0 N–H and O–H groups in total. The van der Waals surface area contributed by atoms with E-state index in [9.17, 15) is 17.6 Å². The molecule has 1 unspecified atom stereocenters. The average molecular weight is 583 g/mol. The highest BCUT2D eigenvalue weighted by molar-refractivity contribution is 5.78. The predicted octanol–water partition coefficient (Wildman–Crippen LogP) is 5.64. The Balaban J connectivity index is 1.39. The van der Waals surface area contributed by atoms with Crippen molar-refractivity contribution in [1.82, 2.24) is 39.3 Å². The summed E-state index contributed by atoms with van der Waals surface area (Å²) in [6.45, 7) is 0.786. The molecule has 1 atom stereocenters. The van der Waals surface area contributed by atoms with Crippen LogP contribution in [-0.2, 0) is 12.7 Å². The van der Waals surface area contributed by atoms with Crippen LogP contribution in [-0.4, -0.2) is 60.2 Å². The van der Waals surface area contributed by atoms with Gasteiger partial charge in [0, 0.05) is 18.3 Å². The zero-order chi connectivity index (χ0) is 29.6. The molecule has 4 aromatic heterocycles. The first-order valence-corrected chi connectivity index (χ1v) is 13.2. The Hall–Kier alpha value is -4.62. The van der Waals surface area contributed by atoms with Crippen LogP contribution < -0.4 is 9.47 Å². The molecule has 0 spiro atoms. The lowest BCUT2D eigenvalue weighted by Gasteiger charge is -2.17. The predicted molar refractivity (Wildman–Crippen MR) is 144 cm³/mol. The number of hydrogen-bond donors (Lipinski definition) is 0. The minimum absolute atomic E-state index is 0.0385. The second kappa shape index (κ2) is 10.7. The fourth-order valence-corrected chi connectivity index (χ4v) is 4.98. The van der Waals surface area contributed by atoms with Gasteiger partial charge < -0.3 is 14.0 Å². The topological polar surface area (TPSA) is 106 Å². The summed E-state index contributed by atoms with van der Waals surface area (Å²) in [5.41, 5.74) is 2.01. The van der Waals surface area contributed by atoms with Gasteiger partial charge in [0.1, 0.15) is 30.1 Å². The highest BCUT2D eigenvalue weighted by atomic mass is 19.4. The zero-order valence-corrected chi connectivity index (χ0v) is 22.9. The van der Waals surface area contributed by atoms with E-state index in [1.807, 2.05) is 6.92 Å². The van der Waals surface area contributed by atoms with Crippen LogP contribution in [0.4, 0.5) is 17.6 Å². The van der Waals surface area contributed by atoms with Crippen molar-refractivity contribution in [3.05, 3.63) is 60.1 Å². The van der Waals surface area contributed by atoms with Crippen molar-refractivity contribution < 1.29 is 27.0 Å². The third-order valence-electron chi connectivity index (χ3n) is 7.27. The molecular formula is C28H26F4N8O2. The third kappa shape index (κ3) is 4.90. The highest BCUT2D eigenvalue weighted by Crippen LogP contribution is 2.45. The zero-order valence-electron chi connectivity index (χ0n) is 22.9. The summed E-state index contributed by atoms with van der Waals surface area (Å²) >= 11 is 0. The molecule has 1 aliphatic rings. The maximum atomic E-state index is 13.4. The number of benzene rings is 1. The average Bonchev–Trinajstić information content (AvgIpc) is 3.61. The van der Waals surface area contributed by atoms with E-state index in [2.05, 4.69) is 25.0 Å². The quantitative estimate of drug-likeness (QED) is 0.206. The SMILES string of the molecule is COc1cc(C(C)n2ncc3cnc(-c4c(OC)ncnc4C4CC4)nc32)ccc1-c1nc(C(F)(F)F)cn1CCF. The molecule has 0 bridgehead atoms. The number of alkyl halides is 4. The molecule has 1 aliphatic carbocycles. The fourth-order valence-electron chi connectivity index (χ4n) is 4.98. The minimum atomic E-state index is -4.67. The number of rotatable bonds is 9. The fraction of sp³-hybridized carbons (Fsp3) is 0.357. The molecule has 0 radical (unpaired) electrons. The summed E-state index contributed by atoms with van der Waals surface area (Å²) in [6, 6.07) is 4.71. The molecule has 5 aromatic rings. The number of fused-ring (bicyclic) bond motifs is 1. The minimum Gasteiger partial charge on any atom is -0.496 e. The van der Waals surface area contributed by atoms with Gasteiger partial charge in [-0.3, -0.25) is 0 Å². The normalized spacial score (nSPS) is 14.4. The van der Waals surface area contributed by atoms with E-state index in [0.717, 1.165) is 34.9 Å². The lowest BCUT2D eigenvalue weighted by molar-refractivity contribution is -0.140. The summed E-state index contributed by atoms with van der Waals surface area (Å²) in [7, 11) is 2.95. The van der Waals surface area contributed by atoms with E-state index < -0.39 is 18.5 Å². The summed E-state index contributed by atoms with van der Waals surface area (Å²) < 4.78 is 67.3. The van der Waals surface area contributed by atoms with E-state index in [0.29, 0.717) is 39.8 Å². The van der Waals surface area contributed by atoms with Gasteiger partial charge in [0.05, 0.1) is 49.6 Å². The van der Waals surface area contributed by atoms with E-state index in [4.69, 9.17) is 14.5 Å². The first-order valence-electron chi connectivity index (χ1n) is 13.2. The number of aromatic nitrogens is 8. The molecule has 0 aliphatic heterocycles. The second-order valence-corrected chi connectivity index (χ2v) is 9.94. The van der Waals surface area contributed by atoms with Crippen molar-refractivity contribution in [2.75, 3.05) is 20.9 Å². The lowest BCUT2D eigenvalue weighted by Crippen LogP contribution is -2.10. The van der Waals surface area contributed by atoms with Crippen molar-refractivity contribution in [1.29, 1.82) is 0 Å². The van der Waals surface area contributed by atoms with Crippen molar-refractivity contribution in [2.45, 2.75) is 44.4 Å². The number of nitrogens with zero attached hydrogens (tertiary/aromatic N) is 8. The maximum Gasteiger partial charge on any atom is 0.434 e. The van der Waals surface area contributed by atoms with Crippen LogP contribution in [0.5, 0.6) is 11.6 Å². The van der Waals surface area contributed by atoms with Crippen LogP contribution in [0, 0.1) is 0 Å². The largest absolute Gasteiger partial charge is 0.496 e. The van der Waals surface area contributed by atoms with Gasteiger partial charge in [0.15, 0.2) is 17.2 Å². The van der Waals surface area contributed by atoms with Gasteiger partial charge >= 0.3 is 6.18 Å². The van der Waals surface area contributed by atoms with Gasteiger partial charge in [0.25, 0.3) is 0 Å². The Morgan fingerprint density at radius 1 is 1.05 bits per heavy atom. The van der Waals surface area contributed by atoms with Crippen LogP contribution in [0.15, 0.2) is 43.1 Å². The molecule has 1 aromatic carbocycles. The van der Waals surface area contributed by atoms with Gasteiger partial charge in [-0.15, -0.1) is 0 Å². The van der Waals surface area contributed by atoms with Crippen LogP contribution in [0.3, 0.4) is 0 Å². The number of methoxy groups -OCH3 is 2. The Kier molecular flexibility index (Phi) is 6.99. The molecular weight excluding hydrogens is 556 g/mol. The molecule has 0 saturated heterocycles. The van der Waals surface area contributed by atoms with E-state index in [1.165, 1.54) is 13.4 Å². The Bertz CT molecular complexity index is 1760. The molecule has 14 heteroatoms. The number of imidazole rings is 1. The third-order valence-corrected chi connectivity index (χ3v) is 7.27. The number of halogens is 4. The molecule has 1 fully saturated rings. The van der Waals surface area contributed by atoms with E-state index in [-0.39, 0.29) is 24.2 Å². The lowest BCUT2D eigenvalue weighted by atomic mass is 10.0. The van der Waals surface area contributed by atoms with Crippen molar-refractivity contribution in [2.24, 2.45) is 0 Å². The number of hydrogen-bond acceptors (Lipinski definition) is 8. The van der Waals surface area contributed by atoms with Gasteiger partial charge in [0.2, 0.25) is 5.88 Å². The summed E-state index contributed by atoms with van der Waals surface area (Å²) in [5.74, 6) is 1.36. The van der Waals surface area contributed by atoms with E-state index in [1.54, 1.807) is 42.4 Å². The molecule has 1 saturated carbocycles. The molecule has 6 rings (SSSR count). The Labute approximate surface area is 237 Å².